The number of methoxy groups -OCH3 is 1. The lowest BCUT2D eigenvalue weighted by Crippen LogP contribution is -2.38. The highest BCUT2D eigenvalue weighted by molar-refractivity contribution is 7.07. The van der Waals surface area contributed by atoms with E-state index in [0.29, 0.717) is 25.9 Å². The maximum Gasteiger partial charge on any atom is 0.271 e. The van der Waals surface area contributed by atoms with Gasteiger partial charge in [-0.1, -0.05) is 95.2 Å². The summed E-state index contributed by atoms with van der Waals surface area (Å²) in [5.74, 6) is 0.783. The molecule has 5 nitrogen and oxygen atoms in total. The Hall–Kier alpha value is -4.36. The van der Waals surface area contributed by atoms with Crippen molar-refractivity contribution in [1.29, 1.82) is 0 Å². The summed E-state index contributed by atoms with van der Waals surface area (Å²) in [6.07, 6.45) is 5.86. The number of allylic oxidation sites excluding steroid dienone is 1. The van der Waals surface area contributed by atoms with E-state index in [0.717, 1.165) is 57.4 Å². The van der Waals surface area contributed by atoms with Crippen molar-refractivity contribution < 1.29 is 4.74 Å². The predicted molar refractivity (Wildman–Crippen MR) is 183 cm³/mol. The van der Waals surface area contributed by atoms with E-state index >= 15 is 0 Å². The van der Waals surface area contributed by atoms with Crippen LogP contribution in [0.4, 0.5) is 0 Å². The van der Waals surface area contributed by atoms with Gasteiger partial charge in [0, 0.05) is 44.8 Å². The number of para-hydroxylation sites is 1. The van der Waals surface area contributed by atoms with Crippen LogP contribution in [0.2, 0.25) is 10.0 Å². The van der Waals surface area contributed by atoms with Crippen LogP contribution in [0.1, 0.15) is 40.3 Å². The molecule has 0 N–H and O–H groups in total. The first-order valence-corrected chi connectivity index (χ1v) is 16.3. The van der Waals surface area contributed by atoms with E-state index in [1.54, 1.807) is 13.2 Å². The highest BCUT2D eigenvalue weighted by atomic mass is 35.5. The molecule has 0 saturated carbocycles. The van der Waals surface area contributed by atoms with Crippen LogP contribution in [0.3, 0.4) is 0 Å². The molecule has 6 aromatic rings. The number of hydrogen-bond acceptors (Lipinski definition) is 4. The maximum absolute atomic E-state index is 14.4. The van der Waals surface area contributed by atoms with Crippen LogP contribution in [0.5, 0.6) is 5.75 Å². The van der Waals surface area contributed by atoms with E-state index in [-0.39, 0.29) is 11.6 Å². The fraction of sp³-hybridized carbons (Fsp3) is 0.135. The van der Waals surface area contributed by atoms with Crippen molar-refractivity contribution in [3.63, 3.8) is 0 Å². The molecule has 0 amide bonds. The van der Waals surface area contributed by atoms with Gasteiger partial charge in [-0.15, -0.1) is 0 Å². The summed E-state index contributed by atoms with van der Waals surface area (Å²) in [4.78, 5) is 20.2. The Labute approximate surface area is 273 Å². The number of aromatic nitrogens is 2. The molecular formula is C37H27Cl2N3O2S. The fourth-order valence-corrected chi connectivity index (χ4v) is 8.06. The second-order valence-electron chi connectivity index (χ2n) is 11.4. The number of thiazole rings is 1. The molecule has 4 aromatic carbocycles. The van der Waals surface area contributed by atoms with Gasteiger partial charge in [-0.05, 0) is 71.5 Å². The van der Waals surface area contributed by atoms with Gasteiger partial charge in [0.1, 0.15) is 5.75 Å². The van der Waals surface area contributed by atoms with Crippen LogP contribution >= 0.6 is 34.5 Å². The Balaban J connectivity index is 1.30. The second-order valence-corrected chi connectivity index (χ2v) is 13.2. The lowest BCUT2D eigenvalue weighted by Gasteiger charge is -2.30. The van der Waals surface area contributed by atoms with Crippen molar-refractivity contribution in [2.24, 2.45) is 4.99 Å². The SMILES string of the molecule is COc1ccc([C@H]2C3=C(N=c4s/c(=C/c5cn(Cc6ccc(Cl)cc6Cl)c6ccccc56)c(=O)n42)c2ccccc2CC3)cc1. The average Bonchev–Trinajstić information content (AvgIpc) is 3.57. The zero-order valence-corrected chi connectivity index (χ0v) is 26.7. The molecule has 0 spiro atoms. The quantitative estimate of drug-likeness (QED) is 0.193. The van der Waals surface area contributed by atoms with Crippen molar-refractivity contribution in [1.82, 2.24) is 9.13 Å². The monoisotopic (exact) mass is 647 g/mol. The second kappa shape index (κ2) is 11.2. The van der Waals surface area contributed by atoms with E-state index < -0.39 is 0 Å². The van der Waals surface area contributed by atoms with E-state index in [2.05, 4.69) is 59.3 Å². The van der Waals surface area contributed by atoms with Crippen LogP contribution in [0, 0.1) is 0 Å². The summed E-state index contributed by atoms with van der Waals surface area (Å²) >= 11 is 14.1. The standard InChI is InChI=1S/C37H27Cl2N3O2S/c1-44-27-15-11-23(12-16-27)35-30-17-13-22-6-2-3-8-29(22)34(30)40-37-42(35)36(43)33(45-37)18-25-21-41(32-9-5-4-7-28(25)32)20-24-10-14-26(38)19-31(24)39/h2-12,14-16,18-19,21,35H,13,17,20H2,1H3/b33-18+/t35-/m0/s1. The van der Waals surface area contributed by atoms with Gasteiger partial charge in [-0.25, -0.2) is 4.99 Å². The molecule has 2 aliphatic rings. The fourth-order valence-electron chi connectivity index (χ4n) is 6.60. The summed E-state index contributed by atoms with van der Waals surface area (Å²) in [5.41, 5.74) is 8.61. The average molecular weight is 649 g/mol. The molecule has 1 atom stereocenters. The normalized spacial score (nSPS) is 15.9. The molecule has 1 aliphatic heterocycles. The van der Waals surface area contributed by atoms with Gasteiger partial charge in [-0.2, -0.15) is 0 Å². The topological polar surface area (TPSA) is 48.5 Å². The lowest BCUT2D eigenvalue weighted by molar-refractivity contribution is 0.414. The Bertz CT molecular complexity index is 2350. The molecule has 0 unspecified atom stereocenters. The minimum Gasteiger partial charge on any atom is -0.497 e. The molecule has 3 heterocycles. The van der Waals surface area contributed by atoms with E-state index in [9.17, 15) is 4.79 Å². The largest absolute Gasteiger partial charge is 0.497 e. The minimum absolute atomic E-state index is 0.0393. The highest BCUT2D eigenvalue weighted by Crippen LogP contribution is 2.41. The Morgan fingerprint density at radius 1 is 0.978 bits per heavy atom. The molecule has 8 heteroatoms. The van der Waals surface area contributed by atoms with Gasteiger partial charge in [0.25, 0.3) is 5.56 Å². The maximum atomic E-state index is 14.4. The zero-order chi connectivity index (χ0) is 30.7. The highest BCUT2D eigenvalue weighted by Gasteiger charge is 2.32. The molecule has 8 rings (SSSR count). The van der Waals surface area contributed by atoms with E-state index in [1.165, 1.54) is 22.5 Å². The van der Waals surface area contributed by atoms with Crippen molar-refractivity contribution >= 4 is 57.2 Å². The number of benzene rings is 4. The molecular weight excluding hydrogens is 621 g/mol. The molecule has 1 aliphatic carbocycles. The van der Waals surface area contributed by atoms with Crippen molar-refractivity contribution in [2.75, 3.05) is 7.11 Å². The predicted octanol–water partition coefficient (Wildman–Crippen LogP) is 7.64. The first kappa shape index (κ1) is 28.1. The van der Waals surface area contributed by atoms with Crippen LogP contribution in [0.15, 0.2) is 113 Å². The number of fused-ring (bicyclic) bond motifs is 4. The van der Waals surface area contributed by atoms with Gasteiger partial charge in [-0.3, -0.25) is 9.36 Å². The van der Waals surface area contributed by atoms with Gasteiger partial charge >= 0.3 is 0 Å². The number of rotatable bonds is 5. The molecule has 222 valence electrons. The Kier molecular flexibility index (Phi) is 7.01. The molecule has 0 bridgehead atoms. The molecule has 0 fully saturated rings. The molecule has 2 aromatic heterocycles. The number of halogens is 2. The van der Waals surface area contributed by atoms with E-state index in [4.69, 9.17) is 32.9 Å². The summed E-state index contributed by atoms with van der Waals surface area (Å²) in [6.45, 7) is 0.579. The van der Waals surface area contributed by atoms with Crippen LogP contribution in [-0.2, 0) is 13.0 Å². The summed E-state index contributed by atoms with van der Waals surface area (Å²) in [7, 11) is 1.66. The third kappa shape index (κ3) is 4.85. The first-order chi connectivity index (χ1) is 22.0. The van der Waals surface area contributed by atoms with Gasteiger partial charge < -0.3 is 9.30 Å². The molecule has 0 radical (unpaired) electrons. The summed E-state index contributed by atoms with van der Waals surface area (Å²) < 4.78 is 10.1. The lowest BCUT2D eigenvalue weighted by atomic mass is 9.83. The van der Waals surface area contributed by atoms with Crippen LogP contribution in [-0.4, -0.2) is 16.2 Å². The Morgan fingerprint density at radius 3 is 2.60 bits per heavy atom. The number of nitrogens with zero attached hydrogens (tertiary/aromatic N) is 3. The van der Waals surface area contributed by atoms with Crippen molar-refractivity contribution in [2.45, 2.75) is 25.4 Å². The third-order valence-electron chi connectivity index (χ3n) is 8.77. The van der Waals surface area contributed by atoms with Gasteiger partial charge in [0.2, 0.25) is 0 Å². The van der Waals surface area contributed by atoms with Gasteiger partial charge in [0.15, 0.2) is 4.80 Å². The molecule has 0 saturated heterocycles. The summed E-state index contributed by atoms with van der Waals surface area (Å²) in [5, 5.41) is 2.29. The van der Waals surface area contributed by atoms with Crippen LogP contribution < -0.4 is 19.6 Å². The molecule has 45 heavy (non-hydrogen) atoms. The number of ether oxygens (including phenoxy) is 1. The smallest absolute Gasteiger partial charge is 0.271 e. The van der Waals surface area contributed by atoms with Crippen LogP contribution in [0.25, 0.3) is 22.7 Å². The minimum atomic E-state index is -0.244. The summed E-state index contributed by atoms with van der Waals surface area (Å²) in [6, 6.07) is 30.1. The first-order valence-electron chi connectivity index (χ1n) is 14.8. The van der Waals surface area contributed by atoms with E-state index in [1.807, 2.05) is 47.0 Å². The number of aryl methyl sites for hydroxylation is 1. The Morgan fingerprint density at radius 2 is 1.78 bits per heavy atom. The van der Waals surface area contributed by atoms with Gasteiger partial charge in [0.05, 0.1) is 23.4 Å². The third-order valence-corrected chi connectivity index (χ3v) is 10.3. The van der Waals surface area contributed by atoms with Crippen molar-refractivity contribution in [3.05, 3.63) is 160 Å². The zero-order valence-electron chi connectivity index (χ0n) is 24.3. The number of hydrogen-bond donors (Lipinski definition) is 0. The van der Waals surface area contributed by atoms with Crippen molar-refractivity contribution in [3.8, 4) is 5.75 Å².